The van der Waals surface area contributed by atoms with E-state index in [1.54, 1.807) is 55.9 Å². The summed E-state index contributed by atoms with van der Waals surface area (Å²) in [4.78, 5) is 8.53. The van der Waals surface area contributed by atoms with Crippen molar-refractivity contribution in [3.05, 3.63) is 48.8 Å². The minimum atomic E-state index is -3.81. The minimum Gasteiger partial charge on any atom is -0.495 e. The van der Waals surface area contributed by atoms with E-state index in [2.05, 4.69) is 14.7 Å². The highest BCUT2D eigenvalue weighted by molar-refractivity contribution is 7.90. The molecule has 2 aromatic heterocycles. The second-order valence-corrected chi connectivity index (χ2v) is 6.12. The number of ether oxygens (including phenoxy) is 2. The zero-order valence-corrected chi connectivity index (χ0v) is 13.4. The maximum Gasteiger partial charge on any atom is 0.296 e. The predicted octanol–water partition coefficient (Wildman–Crippen LogP) is 2.05. The van der Waals surface area contributed by atoms with Crippen molar-refractivity contribution in [1.82, 2.24) is 9.97 Å². The lowest BCUT2D eigenvalue weighted by Gasteiger charge is -2.09. The number of benzene rings is 1. The Morgan fingerprint density at radius 2 is 1.83 bits per heavy atom. The number of methoxy groups -OCH3 is 1. The second-order valence-electron chi connectivity index (χ2n) is 4.83. The van der Waals surface area contributed by atoms with Gasteiger partial charge in [-0.25, -0.2) is 10.1 Å². The van der Waals surface area contributed by atoms with Gasteiger partial charge in [-0.15, -0.1) is 0 Å². The van der Waals surface area contributed by atoms with Gasteiger partial charge in [-0.3, -0.25) is 9.71 Å². The van der Waals surface area contributed by atoms with Crippen LogP contribution in [0.15, 0.2) is 48.8 Å². The smallest absolute Gasteiger partial charge is 0.296 e. The number of pyridine rings is 2. The van der Waals surface area contributed by atoms with E-state index in [-0.39, 0.29) is 0 Å². The molecule has 0 aliphatic rings. The Hall–Kier alpha value is -2.91. The third kappa shape index (κ3) is 3.70. The molecule has 0 aliphatic heterocycles. The SMILES string of the molecule is COc1cnc2c(Oc3ccc(NS(N)(=O)=O)cc3)ccnc2c1. The summed E-state index contributed by atoms with van der Waals surface area (Å²) in [5.41, 5.74) is 1.57. The van der Waals surface area contributed by atoms with Gasteiger partial charge < -0.3 is 9.47 Å². The number of hydrogen-bond donors (Lipinski definition) is 2. The fraction of sp³-hybridized carbons (Fsp3) is 0.0667. The molecule has 0 atom stereocenters. The maximum absolute atomic E-state index is 11.0. The van der Waals surface area contributed by atoms with Crippen molar-refractivity contribution in [2.75, 3.05) is 11.8 Å². The van der Waals surface area contributed by atoms with Gasteiger partial charge in [0.2, 0.25) is 0 Å². The first-order chi connectivity index (χ1) is 11.4. The normalized spacial score (nSPS) is 11.2. The minimum absolute atomic E-state index is 0.340. The maximum atomic E-state index is 11.0. The van der Waals surface area contributed by atoms with Crippen molar-refractivity contribution in [3.63, 3.8) is 0 Å². The number of rotatable bonds is 5. The topological polar surface area (TPSA) is 116 Å². The van der Waals surface area contributed by atoms with Crippen LogP contribution < -0.4 is 19.3 Å². The van der Waals surface area contributed by atoms with Gasteiger partial charge in [-0.2, -0.15) is 8.42 Å². The molecule has 0 spiro atoms. The van der Waals surface area contributed by atoms with Crippen LogP contribution in [-0.4, -0.2) is 25.5 Å². The molecular formula is C15H14N4O4S. The van der Waals surface area contributed by atoms with Crippen molar-refractivity contribution in [2.45, 2.75) is 0 Å². The second kappa shape index (κ2) is 6.30. The molecule has 0 saturated heterocycles. The fourth-order valence-electron chi connectivity index (χ4n) is 2.06. The van der Waals surface area contributed by atoms with Gasteiger partial charge in [0, 0.05) is 24.0 Å². The van der Waals surface area contributed by atoms with Crippen LogP contribution in [0.3, 0.4) is 0 Å². The van der Waals surface area contributed by atoms with Crippen molar-refractivity contribution in [2.24, 2.45) is 5.14 Å². The number of aromatic nitrogens is 2. The Bertz CT molecular complexity index is 974. The standard InChI is InChI=1S/C15H14N4O4S/c1-22-12-8-13-15(18-9-12)14(6-7-17-13)23-11-4-2-10(3-5-11)19-24(16,20)21/h2-9,19H,1H3,(H2,16,20,21). The summed E-state index contributed by atoms with van der Waals surface area (Å²) in [7, 11) is -2.25. The number of anilines is 1. The zero-order valence-electron chi connectivity index (χ0n) is 12.6. The molecule has 0 unspecified atom stereocenters. The first-order valence-electron chi connectivity index (χ1n) is 6.82. The first-order valence-corrected chi connectivity index (χ1v) is 8.36. The molecule has 8 nitrogen and oxygen atoms in total. The summed E-state index contributed by atoms with van der Waals surface area (Å²) in [5.74, 6) is 1.64. The van der Waals surface area contributed by atoms with Gasteiger partial charge in [0.15, 0.2) is 5.75 Å². The van der Waals surface area contributed by atoms with Crippen LogP contribution >= 0.6 is 0 Å². The van der Waals surface area contributed by atoms with E-state index < -0.39 is 10.2 Å². The highest BCUT2D eigenvalue weighted by atomic mass is 32.2. The monoisotopic (exact) mass is 346 g/mol. The van der Waals surface area contributed by atoms with Crippen LogP contribution in [0.2, 0.25) is 0 Å². The third-order valence-corrected chi connectivity index (χ3v) is 3.61. The zero-order chi connectivity index (χ0) is 17.2. The predicted molar refractivity (Wildman–Crippen MR) is 89.3 cm³/mol. The molecule has 2 heterocycles. The molecule has 0 saturated carbocycles. The molecule has 0 fully saturated rings. The van der Waals surface area contributed by atoms with Crippen molar-refractivity contribution in [1.29, 1.82) is 0 Å². The number of fused-ring (bicyclic) bond motifs is 1. The van der Waals surface area contributed by atoms with Crippen LogP contribution in [0.5, 0.6) is 17.2 Å². The molecule has 24 heavy (non-hydrogen) atoms. The van der Waals surface area contributed by atoms with E-state index in [4.69, 9.17) is 14.6 Å². The van der Waals surface area contributed by atoms with Gasteiger partial charge >= 0.3 is 0 Å². The molecule has 0 bridgehead atoms. The Balaban J connectivity index is 1.87. The number of hydrogen-bond acceptors (Lipinski definition) is 6. The van der Waals surface area contributed by atoms with Gasteiger partial charge in [0.05, 0.1) is 18.8 Å². The average Bonchev–Trinajstić information content (AvgIpc) is 2.55. The van der Waals surface area contributed by atoms with Gasteiger partial charge in [0.25, 0.3) is 10.2 Å². The molecule has 0 aliphatic carbocycles. The molecule has 9 heteroatoms. The van der Waals surface area contributed by atoms with Crippen molar-refractivity contribution < 1.29 is 17.9 Å². The summed E-state index contributed by atoms with van der Waals surface area (Å²) >= 11 is 0. The third-order valence-electron chi connectivity index (χ3n) is 3.09. The summed E-state index contributed by atoms with van der Waals surface area (Å²) in [6.45, 7) is 0. The van der Waals surface area contributed by atoms with Crippen LogP contribution in [0.1, 0.15) is 0 Å². The molecular weight excluding hydrogens is 332 g/mol. The van der Waals surface area contributed by atoms with E-state index >= 15 is 0 Å². The Labute approximate surface area is 138 Å². The number of nitrogens with two attached hydrogens (primary N) is 1. The average molecular weight is 346 g/mol. The Morgan fingerprint density at radius 3 is 2.50 bits per heavy atom. The first kappa shape index (κ1) is 16.0. The Morgan fingerprint density at radius 1 is 1.08 bits per heavy atom. The Kier molecular flexibility index (Phi) is 4.19. The van der Waals surface area contributed by atoms with E-state index in [0.717, 1.165) is 0 Å². The largest absolute Gasteiger partial charge is 0.495 e. The number of nitrogens with zero attached hydrogens (tertiary/aromatic N) is 2. The van der Waals surface area contributed by atoms with E-state index in [0.29, 0.717) is 34.0 Å². The lowest BCUT2D eigenvalue weighted by Crippen LogP contribution is -2.21. The van der Waals surface area contributed by atoms with Gasteiger partial charge in [-0.05, 0) is 24.3 Å². The molecule has 124 valence electrons. The number of nitrogens with one attached hydrogen (secondary N) is 1. The highest BCUT2D eigenvalue weighted by Crippen LogP contribution is 2.29. The highest BCUT2D eigenvalue weighted by Gasteiger charge is 2.08. The van der Waals surface area contributed by atoms with E-state index in [1.807, 2.05) is 0 Å². The van der Waals surface area contributed by atoms with E-state index in [1.165, 1.54) is 0 Å². The summed E-state index contributed by atoms with van der Waals surface area (Å²) < 4.78 is 35.1. The van der Waals surface area contributed by atoms with Gasteiger partial charge in [0.1, 0.15) is 17.0 Å². The fourth-order valence-corrected chi connectivity index (χ4v) is 2.53. The molecule has 3 N–H and O–H groups in total. The lowest BCUT2D eigenvalue weighted by molar-refractivity contribution is 0.413. The molecule has 3 rings (SSSR count). The van der Waals surface area contributed by atoms with Crippen LogP contribution in [0.25, 0.3) is 11.0 Å². The molecule has 0 radical (unpaired) electrons. The summed E-state index contributed by atoms with van der Waals surface area (Å²) in [6.07, 6.45) is 3.19. The van der Waals surface area contributed by atoms with Crippen molar-refractivity contribution >= 4 is 26.9 Å². The van der Waals surface area contributed by atoms with Crippen LogP contribution in [0.4, 0.5) is 5.69 Å². The molecule has 1 aromatic carbocycles. The quantitative estimate of drug-likeness (QED) is 0.730. The molecule has 0 amide bonds. The van der Waals surface area contributed by atoms with E-state index in [9.17, 15) is 8.42 Å². The summed E-state index contributed by atoms with van der Waals surface area (Å²) in [6, 6.07) is 9.76. The lowest BCUT2D eigenvalue weighted by atomic mass is 10.3. The van der Waals surface area contributed by atoms with Crippen LogP contribution in [0, 0.1) is 0 Å². The van der Waals surface area contributed by atoms with Gasteiger partial charge in [-0.1, -0.05) is 0 Å². The summed E-state index contributed by atoms with van der Waals surface area (Å²) in [5, 5.41) is 4.92. The molecule has 3 aromatic rings. The van der Waals surface area contributed by atoms with Crippen molar-refractivity contribution in [3.8, 4) is 17.2 Å². The van der Waals surface area contributed by atoms with Crippen LogP contribution in [-0.2, 0) is 10.2 Å².